The molecule has 0 saturated carbocycles. The van der Waals surface area contributed by atoms with Gasteiger partial charge in [-0.05, 0) is 19.8 Å². The highest BCUT2D eigenvalue weighted by Gasteiger charge is 2.12. The van der Waals surface area contributed by atoms with E-state index in [1.54, 1.807) is 0 Å². The van der Waals surface area contributed by atoms with E-state index in [2.05, 4.69) is 13.8 Å². The topological polar surface area (TPSA) is 52.6 Å². The maximum absolute atomic E-state index is 11.7. The molecule has 0 aliphatic rings. The Morgan fingerprint density at radius 1 is 0.643 bits per heavy atom. The highest BCUT2D eigenvalue weighted by atomic mass is 16.5. The summed E-state index contributed by atoms with van der Waals surface area (Å²) in [5, 5.41) is 0. The molecule has 4 nitrogen and oxygen atoms in total. The summed E-state index contributed by atoms with van der Waals surface area (Å²) in [5.74, 6) is -0.591. The van der Waals surface area contributed by atoms with Gasteiger partial charge in [-0.3, -0.25) is 9.59 Å². The lowest BCUT2D eigenvalue weighted by Gasteiger charge is -2.12. The summed E-state index contributed by atoms with van der Waals surface area (Å²) in [5.41, 5.74) is 0. The van der Waals surface area contributed by atoms with Crippen LogP contribution in [0.5, 0.6) is 0 Å². The minimum Gasteiger partial charge on any atom is -0.466 e. The fourth-order valence-corrected chi connectivity index (χ4v) is 3.24. The van der Waals surface area contributed by atoms with Crippen molar-refractivity contribution < 1.29 is 19.1 Å². The third-order valence-corrected chi connectivity index (χ3v) is 5.09. The molecule has 0 aromatic heterocycles. The van der Waals surface area contributed by atoms with Gasteiger partial charge in [0, 0.05) is 0 Å². The molecule has 166 valence electrons. The van der Waals surface area contributed by atoms with Crippen molar-refractivity contribution in [3.8, 4) is 0 Å². The minimum absolute atomic E-state index is 0.0653. The second-order valence-corrected chi connectivity index (χ2v) is 8.05. The summed E-state index contributed by atoms with van der Waals surface area (Å²) in [7, 11) is 0. The molecule has 0 aromatic rings. The van der Waals surface area contributed by atoms with Gasteiger partial charge in [0.05, 0.1) is 25.6 Å². The van der Waals surface area contributed by atoms with E-state index in [4.69, 9.17) is 9.47 Å². The average Bonchev–Trinajstić information content (AvgIpc) is 2.68. The second kappa shape index (κ2) is 20.7. The molecule has 1 unspecified atom stereocenters. The zero-order valence-electron chi connectivity index (χ0n) is 18.9. The lowest BCUT2D eigenvalue weighted by molar-refractivity contribution is -0.153. The van der Waals surface area contributed by atoms with Crippen LogP contribution in [0.15, 0.2) is 0 Å². The smallest absolute Gasteiger partial charge is 0.306 e. The van der Waals surface area contributed by atoms with Crippen molar-refractivity contribution in [3.05, 3.63) is 0 Å². The molecular formula is C24H46O4. The molecule has 0 N–H and O–H groups in total. The van der Waals surface area contributed by atoms with Crippen LogP contribution in [0.4, 0.5) is 0 Å². The van der Waals surface area contributed by atoms with Gasteiger partial charge in [-0.1, -0.05) is 97.3 Å². The summed E-state index contributed by atoms with van der Waals surface area (Å²) >= 11 is 0. The molecule has 0 radical (unpaired) electrons. The highest BCUT2D eigenvalue weighted by Crippen LogP contribution is 2.12. The average molecular weight is 399 g/mol. The first kappa shape index (κ1) is 26.9. The van der Waals surface area contributed by atoms with Crippen molar-refractivity contribution in [2.45, 2.75) is 136 Å². The molecular weight excluding hydrogens is 352 g/mol. The molecule has 1 atom stereocenters. The summed E-state index contributed by atoms with van der Waals surface area (Å²) in [6, 6.07) is 0. The first-order valence-electron chi connectivity index (χ1n) is 11.9. The predicted molar refractivity (Wildman–Crippen MR) is 116 cm³/mol. The van der Waals surface area contributed by atoms with E-state index >= 15 is 0 Å². The van der Waals surface area contributed by atoms with Gasteiger partial charge in [-0.25, -0.2) is 0 Å². The standard InChI is InChI=1S/C24H46O4/c1-4-6-8-9-10-11-12-13-14-15-16-17-21-27-23(25)19-20-24(26)28-22(3)18-7-5-2/h22H,4-21H2,1-3H3. The van der Waals surface area contributed by atoms with Crippen molar-refractivity contribution in [1.82, 2.24) is 0 Å². The van der Waals surface area contributed by atoms with Crippen molar-refractivity contribution in [1.29, 1.82) is 0 Å². The molecule has 0 aliphatic heterocycles. The zero-order chi connectivity index (χ0) is 20.9. The number of ether oxygens (including phenoxy) is 2. The summed E-state index contributed by atoms with van der Waals surface area (Å²) in [6.07, 6.45) is 18.7. The van der Waals surface area contributed by atoms with Gasteiger partial charge < -0.3 is 9.47 Å². The fraction of sp³-hybridized carbons (Fsp3) is 0.917. The van der Waals surface area contributed by atoms with E-state index in [9.17, 15) is 9.59 Å². The van der Waals surface area contributed by atoms with Gasteiger partial charge in [0.15, 0.2) is 0 Å². The minimum atomic E-state index is -0.300. The number of rotatable bonds is 20. The summed E-state index contributed by atoms with van der Waals surface area (Å²) in [4.78, 5) is 23.4. The molecule has 0 aliphatic carbocycles. The SMILES string of the molecule is CCCCCCCCCCCCCCOC(=O)CCC(=O)OC(C)CCCC. The van der Waals surface area contributed by atoms with Gasteiger partial charge in [0.1, 0.15) is 0 Å². The van der Waals surface area contributed by atoms with E-state index in [-0.39, 0.29) is 30.9 Å². The van der Waals surface area contributed by atoms with Crippen LogP contribution >= 0.6 is 0 Å². The Balaban J connectivity index is 3.36. The molecule has 0 rings (SSSR count). The number of esters is 2. The van der Waals surface area contributed by atoms with Crippen LogP contribution in [0, 0.1) is 0 Å². The Labute approximate surface area is 174 Å². The first-order chi connectivity index (χ1) is 13.6. The monoisotopic (exact) mass is 398 g/mol. The lowest BCUT2D eigenvalue weighted by Crippen LogP contribution is -2.16. The fourth-order valence-electron chi connectivity index (χ4n) is 3.24. The molecule has 0 spiro atoms. The van der Waals surface area contributed by atoms with E-state index in [1.807, 2.05) is 6.92 Å². The molecule has 0 amide bonds. The maximum atomic E-state index is 11.7. The second-order valence-electron chi connectivity index (χ2n) is 8.05. The Hall–Kier alpha value is -1.06. The van der Waals surface area contributed by atoms with Crippen LogP contribution in [0.1, 0.15) is 130 Å². The van der Waals surface area contributed by atoms with Crippen molar-refractivity contribution >= 4 is 11.9 Å². The van der Waals surface area contributed by atoms with Crippen LogP contribution in [0.2, 0.25) is 0 Å². The molecule has 0 saturated heterocycles. The Bertz CT molecular complexity index is 368. The van der Waals surface area contributed by atoms with Crippen LogP contribution in [-0.2, 0) is 19.1 Å². The third-order valence-electron chi connectivity index (χ3n) is 5.09. The molecule has 4 heteroatoms. The number of carbonyl (C=O) groups excluding carboxylic acids is 2. The summed E-state index contributed by atoms with van der Waals surface area (Å²) in [6.45, 7) is 6.74. The molecule has 0 heterocycles. The Morgan fingerprint density at radius 3 is 1.64 bits per heavy atom. The maximum Gasteiger partial charge on any atom is 0.306 e. The van der Waals surface area contributed by atoms with Crippen LogP contribution in [0.25, 0.3) is 0 Å². The van der Waals surface area contributed by atoms with Crippen molar-refractivity contribution in [2.75, 3.05) is 6.61 Å². The molecule has 0 bridgehead atoms. The molecule has 0 fully saturated rings. The van der Waals surface area contributed by atoms with E-state index in [1.165, 1.54) is 64.2 Å². The van der Waals surface area contributed by atoms with Gasteiger partial charge in [-0.15, -0.1) is 0 Å². The van der Waals surface area contributed by atoms with Gasteiger partial charge in [-0.2, -0.15) is 0 Å². The predicted octanol–water partition coefficient (Wildman–Crippen LogP) is 7.13. The quantitative estimate of drug-likeness (QED) is 0.162. The molecule has 0 aromatic carbocycles. The Morgan fingerprint density at radius 2 is 1.11 bits per heavy atom. The number of unbranched alkanes of at least 4 members (excludes halogenated alkanes) is 12. The van der Waals surface area contributed by atoms with Gasteiger partial charge in [0.2, 0.25) is 0 Å². The third kappa shape index (κ3) is 19.7. The van der Waals surface area contributed by atoms with Gasteiger partial charge >= 0.3 is 11.9 Å². The largest absolute Gasteiger partial charge is 0.466 e. The first-order valence-corrected chi connectivity index (χ1v) is 11.9. The lowest BCUT2D eigenvalue weighted by atomic mass is 10.1. The van der Waals surface area contributed by atoms with E-state index < -0.39 is 0 Å². The van der Waals surface area contributed by atoms with E-state index in [0.717, 1.165) is 32.1 Å². The normalized spacial score (nSPS) is 12.0. The van der Waals surface area contributed by atoms with Crippen LogP contribution in [-0.4, -0.2) is 24.6 Å². The zero-order valence-corrected chi connectivity index (χ0v) is 18.9. The number of carbonyl (C=O) groups is 2. The number of hydrogen-bond acceptors (Lipinski definition) is 4. The number of hydrogen-bond donors (Lipinski definition) is 0. The van der Waals surface area contributed by atoms with Crippen LogP contribution < -0.4 is 0 Å². The highest BCUT2D eigenvalue weighted by molar-refractivity contribution is 5.77. The Kier molecular flexibility index (Phi) is 19.9. The van der Waals surface area contributed by atoms with Crippen molar-refractivity contribution in [3.63, 3.8) is 0 Å². The summed E-state index contributed by atoms with van der Waals surface area (Å²) < 4.78 is 10.5. The van der Waals surface area contributed by atoms with Crippen molar-refractivity contribution in [2.24, 2.45) is 0 Å². The van der Waals surface area contributed by atoms with E-state index in [0.29, 0.717) is 6.61 Å². The molecule has 28 heavy (non-hydrogen) atoms. The van der Waals surface area contributed by atoms with Crippen LogP contribution in [0.3, 0.4) is 0 Å². The van der Waals surface area contributed by atoms with Gasteiger partial charge in [0.25, 0.3) is 0 Å².